The van der Waals surface area contributed by atoms with Crippen LogP contribution in [0.25, 0.3) is 0 Å². The van der Waals surface area contributed by atoms with Crippen LogP contribution >= 0.6 is 0 Å². The van der Waals surface area contributed by atoms with Gasteiger partial charge in [-0.25, -0.2) is 0 Å². The van der Waals surface area contributed by atoms with E-state index in [9.17, 15) is 0 Å². The molecule has 0 amide bonds. The van der Waals surface area contributed by atoms with Crippen molar-refractivity contribution in [3.05, 3.63) is 24.3 Å². The highest BCUT2D eigenvalue weighted by atomic mass is 16.5. The van der Waals surface area contributed by atoms with E-state index < -0.39 is 0 Å². The van der Waals surface area contributed by atoms with E-state index in [0.717, 1.165) is 23.9 Å². The van der Waals surface area contributed by atoms with Crippen LogP contribution in [0, 0.1) is 5.92 Å². The molecule has 0 spiro atoms. The van der Waals surface area contributed by atoms with Crippen molar-refractivity contribution >= 4 is 5.69 Å². The summed E-state index contributed by atoms with van der Waals surface area (Å²) in [7, 11) is 1.71. The van der Waals surface area contributed by atoms with Gasteiger partial charge in [0.15, 0.2) is 0 Å². The Bertz CT molecular complexity index is 281. The lowest BCUT2D eigenvalue weighted by molar-refractivity contribution is 0.416. The van der Waals surface area contributed by atoms with Crippen LogP contribution < -0.4 is 10.1 Å². The molecule has 1 aromatic carbocycles. The van der Waals surface area contributed by atoms with Crippen LogP contribution in [0.1, 0.15) is 12.8 Å². The fourth-order valence-corrected chi connectivity index (χ4v) is 1.37. The second-order valence-electron chi connectivity index (χ2n) is 3.52. The summed E-state index contributed by atoms with van der Waals surface area (Å²) in [5, 5.41) is 3.40. The van der Waals surface area contributed by atoms with Crippen molar-refractivity contribution in [2.45, 2.75) is 12.8 Å². The zero-order valence-corrected chi connectivity index (χ0v) is 7.92. The van der Waals surface area contributed by atoms with Gasteiger partial charge in [-0.1, -0.05) is 12.1 Å². The van der Waals surface area contributed by atoms with Crippen molar-refractivity contribution in [2.24, 2.45) is 5.92 Å². The minimum Gasteiger partial charge on any atom is -0.495 e. The van der Waals surface area contributed by atoms with Crippen molar-refractivity contribution in [1.82, 2.24) is 0 Å². The highest BCUT2D eigenvalue weighted by Crippen LogP contribution is 2.30. The summed E-state index contributed by atoms with van der Waals surface area (Å²) < 4.78 is 5.24. The Morgan fingerprint density at radius 2 is 2.15 bits per heavy atom. The predicted molar refractivity (Wildman–Crippen MR) is 54.2 cm³/mol. The number of rotatable bonds is 4. The number of hydrogen-bond acceptors (Lipinski definition) is 2. The summed E-state index contributed by atoms with van der Waals surface area (Å²) in [5.74, 6) is 1.83. The van der Waals surface area contributed by atoms with Gasteiger partial charge in [-0.05, 0) is 30.9 Å². The van der Waals surface area contributed by atoms with Gasteiger partial charge in [-0.15, -0.1) is 0 Å². The predicted octanol–water partition coefficient (Wildman–Crippen LogP) is 2.52. The molecule has 0 unspecified atom stereocenters. The molecule has 0 radical (unpaired) electrons. The van der Waals surface area contributed by atoms with E-state index in [0.29, 0.717) is 0 Å². The fourth-order valence-electron chi connectivity index (χ4n) is 1.37. The Hall–Kier alpha value is -1.18. The highest BCUT2D eigenvalue weighted by Gasteiger charge is 2.20. The van der Waals surface area contributed by atoms with E-state index in [-0.39, 0.29) is 0 Å². The van der Waals surface area contributed by atoms with Gasteiger partial charge < -0.3 is 10.1 Å². The molecule has 0 aromatic heterocycles. The van der Waals surface area contributed by atoms with Crippen LogP contribution in [-0.2, 0) is 0 Å². The van der Waals surface area contributed by atoms with Gasteiger partial charge in [-0.3, -0.25) is 0 Å². The van der Waals surface area contributed by atoms with Crippen molar-refractivity contribution in [2.75, 3.05) is 19.0 Å². The average Bonchev–Trinajstić information content (AvgIpc) is 2.99. The lowest BCUT2D eigenvalue weighted by Crippen LogP contribution is -2.04. The zero-order valence-electron chi connectivity index (χ0n) is 7.92. The summed E-state index contributed by atoms with van der Waals surface area (Å²) in [5.41, 5.74) is 1.11. The van der Waals surface area contributed by atoms with Crippen LogP contribution in [-0.4, -0.2) is 13.7 Å². The third kappa shape index (κ3) is 2.14. The average molecular weight is 177 g/mol. The molecule has 1 N–H and O–H groups in total. The molecule has 0 heterocycles. The van der Waals surface area contributed by atoms with Crippen molar-refractivity contribution in [3.8, 4) is 5.75 Å². The molecule has 0 aliphatic heterocycles. The van der Waals surface area contributed by atoms with Crippen LogP contribution in [0.2, 0.25) is 0 Å². The van der Waals surface area contributed by atoms with Gasteiger partial charge >= 0.3 is 0 Å². The Balaban J connectivity index is 1.99. The zero-order chi connectivity index (χ0) is 9.10. The molecule has 13 heavy (non-hydrogen) atoms. The van der Waals surface area contributed by atoms with Crippen LogP contribution in [0.15, 0.2) is 24.3 Å². The quantitative estimate of drug-likeness (QED) is 0.763. The minimum absolute atomic E-state index is 0.893. The van der Waals surface area contributed by atoms with E-state index >= 15 is 0 Å². The maximum Gasteiger partial charge on any atom is 0.141 e. The van der Waals surface area contributed by atoms with Gasteiger partial charge in [-0.2, -0.15) is 0 Å². The molecule has 0 atom stereocenters. The van der Waals surface area contributed by atoms with E-state index in [1.165, 1.54) is 12.8 Å². The van der Waals surface area contributed by atoms with Crippen LogP contribution in [0.3, 0.4) is 0 Å². The van der Waals surface area contributed by atoms with Gasteiger partial charge in [0.05, 0.1) is 12.8 Å². The van der Waals surface area contributed by atoms with Crippen molar-refractivity contribution in [1.29, 1.82) is 0 Å². The normalized spacial score (nSPS) is 15.5. The number of benzene rings is 1. The molecule has 1 fully saturated rings. The molecule has 0 saturated heterocycles. The molecule has 1 aliphatic carbocycles. The third-order valence-corrected chi connectivity index (χ3v) is 2.39. The maximum atomic E-state index is 5.24. The molecule has 1 aliphatic rings. The maximum absolute atomic E-state index is 5.24. The Morgan fingerprint density at radius 3 is 2.85 bits per heavy atom. The number of anilines is 1. The standard InChI is InChI=1S/C11H15NO/c1-13-11-5-3-2-4-10(11)12-8-9-6-7-9/h2-5,9,12H,6-8H2,1H3. The van der Waals surface area contributed by atoms with Crippen molar-refractivity contribution in [3.63, 3.8) is 0 Å². The number of methoxy groups -OCH3 is 1. The molecule has 1 aromatic rings. The summed E-state index contributed by atoms with van der Waals surface area (Å²) in [6.07, 6.45) is 2.75. The summed E-state index contributed by atoms with van der Waals surface area (Å²) in [4.78, 5) is 0. The number of para-hydroxylation sites is 2. The van der Waals surface area contributed by atoms with Crippen LogP contribution in [0.4, 0.5) is 5.69 Å². The second kappa shape index (κ2) is 3.69. The molecular formula is C11H15NO. The minimum atomic E-state index is 0.893. The first-order chi connectivity index (χ1) is 6.40. The van der Waals surface area contributed by atoms with Crippen molar-refractivity contribution < 1.29 is 4.74 Å². The topological polar surface area (TPSA) is 21.3 Å². The summed E-state index contributed by atoms with van der Waals surface area (Å²) in [6, 6.07) is 8.05. The highest BCUT2D eigenvalue weighted by molar-refractivity contribution is 5.56. The Kier molecular flexibility index (Phi) is 2.39. The number of hydrogen-bond donors (Lipinski definition) is 1. The number of nitrogens with one attached hydrogen (secondary N) is 1. The van der Waals surface area contributed by atoms with E-state index in [4.69, 9.17) is 4.74 Å². The molecule has 2 nitrogen and oxygen atoms in total. The molecule has 1 saturated carbocycles. The summed E-state index contributed by atoms with van der Waals surface area (Å²) in [6.45, 7) is 1.08. The largest absolute Gasteiger partial charge is 0.495 e. The third-order valence-electron chi connectivity index (χ3n) is 2.39. The van der Waals surface area contributed by atoms with E-state index in [2.05, 4.69) is 11.4 Å². The molecule has 70 valence electrons. The molecule has 2 rings (SSSR count). The first-order valence-corrected chi connectivity index (χ1v) is 4.77. The van der Waals surface area contributed by atoms with E-state index in [1.807, 2.05) is 18.2 Å². The van der Waals surface area contributed by atoms with Gasteiger partial charge in [0, 0.05) is 6.54 Å². The second-order valence-corrected chi connectivity index (χ2v) is 3.52. The lowest BCUT2D eigenvalue weighted by atomic mass is 10.3. The lowest BCUT2D eigenvalue weighted by Gasteiger charge is -2.09. The summed E-state index contributed by atoms with van der Waals surface area (Å²) >= 11 is 0. The number of ether oxygens (including phenoxy) is 1. The SMILES string of the molecule is COc1ccccc1NCC1CC1. The fraction of sp³-hybridized carbons (Fsp3) is 0.455. The molecular weight excluding hydrogens is 162 g/mol. The Labute approximate surface area is 78.9 Å². The Morgan fingerprint density at radius 1 is 1.38 bits per heavy atom. The van der Waals surface area contributed by atoms with Crippen LogP contribution in [0.5, 0.6) is 5.75 Å². The van der Waals surface area contributed by atoms with Gasteiger partial charge in [0.25, 0.3) is 0 Å². The molecule has 0 bridgehead atoms. The molecule has 2 heteroatoms. The van der Waals surface area contributed by atoms with Gasteiger partial charge in [0.1, 0.15) is 5.75 Å². The first kappa shape index (κ1) is 8.42. The van der Waals surface area contributed by atoms with Gasteiger partial charge in [0.2, 0.25) is 0 Å². The van der Waals surface area contributed by atoms with E-state index in [1.54, 1.807) is 7.11 Å². The first-order valence-electron chi connectivity index (χ1n) is 4.77. The smallest absolute Gasteiger partial charge is 0.141 e. The monoisotopic (exact) mass is 177 g/mol.